The molecular formula is C29H24N2O3. The Morgan fingerprint density at radius 3 is 2.09 bits per heavy atom. The van der Waals surface area contributed by atoms with E-state index >= 15 is 0 Å². The van der Waals surface area contributed by atoms with Crippen LogP contribution < -0.4 is 0 Å². The van der Waals surface area contributed by atoms with Crippen molar-refractivity contribution in [1.82, 2.24) is 4.90 Å². The Morgan fingerprint density at radius 2 is 1.50 bits per heavy atom. The summed E-state index contributed by atoms with van der Waals surface area (Å²) >= 11 is 0. The summed E-state index contributed by atoms with van der Waals surface area (Å²) in [5.41, 5.74) is 1.46. The quantitative estimate of drug-likeness (QED) is 0.484. The number of amidine groups is 1. The topological polar surface area (TPSA) is 62.1 Å². The molecule has 1 N–H and O–H groups in total. The van der Waals surface area contributed by atoms with Crippen LogP contribution in [0.15, 0.2) is 126 Å². The van der Waals surface area contributed by atoms with Crippen LogP contribution >= 0.6 is 0 Å². The first kappa shape index (κ1) is 21.6. The molecule has 0 spiro atoms. The van der Waals surface area contributed by atoms with E-state index in [-0.39, 0.29) is 5.76 Å². The first-order valence-corrected chi connectivity index (χ1v) is 11.1. The van der Waals surface area contributed by atoms with Crippen LogP contribution in [0.1, 0.15) is 29.7 Å². The number of hydrogen-bond acceptors (Lipinski definition) is 4. The molecule has 0 fully saturated rings. The molecule has 1 amide bonds. The van der Waals surface area contributed by atoms with E-state index in [1.54, 1.807) is 23.1 Å². The second-order valence-electron chi connectivity index (χ2n) is 8.19. The van der Waals surface area contributed by atoms with E-state index in [0.29, 0.717) is 11.4 Å². The third-order valence-electron chi connectivity index (χ3n) is 5.92. The lowest BCUT2D eigenvalue weighted by atomic mass is 9.99. The summed E-state index contributed by atoms with van der Waals surface area (Å²) in [6, 6.07) is 28.6. The molecule has 2 aliphatic rings. The summed E-state index contributed by atoms with van der Waals surface area (Å²) < 4.78 is 6.77. The average Bonchev–Trinajstić information content (AvgIpc) is 3.16. The van der Waals surface area contributed by atoms with Crippen LogP contribution in [0, 0.1) is 0 Å². The summed E-state index contributed by atoms with van der Waals surface area (Å²) in [5, 5.41) is 11.1. The number of ether oxygens (including phenoxy) is 1. The van der Waals surface area contributed by atoms with Crippen molar-refractivity contribution in [2.24, 2.45) is 4.99 Å². The normalized spacial score (nSPS) is 19.8. The highest BCUT2D eigenvalue weighted by molar-refractivity contribution is 6.13. The Kier molecular flexibility index (Phi) is 5.70. The number of carbonyl (C=O) groups excluding carboxylic acids is 1. The number of fused-ring (bicyclic) bond motifs is 1. The van der Waals surface area contributed by atoms with E-state index in [2.05, 4.69) is 4.99 Å². The number of aliphatic hydroxyl groups excluding tert-OH is 1. The lowest BCUT2D eigenvalue weighted by molar-refractivity contribution is -0.154. The van der Waals surface area contributed by atoms with Crippen molar-refractivity contribution in [2.45, 2.75) is 18.8 Å². The van der Waals surface area contributed by atoms with E-state index < -0.39 is 17.7 Å². The van der Waals surface area contributed by atoms with Gasteiger partial charge in [0.15, 0.2) is 0 Å². The summed E-state index contributed by atoms with van der Waals surface area (Å²) in [4.78, 5) is 19.6. The van der Waals surface area contributed by atoms with Gasteiger partial charge in [-0.25, -0.2) is 0 Å². The highest BCUT2D eigenvalue weighted by atomic mass is 16.5. The molecule has 0 saturated carbocycles. The van der Waals surface area contributed by atoms with Gasteiger partial charge in [0.25, 0.3) is 5.72 Å². The Morgan fingerprint density at radius 1 is 0.941 bits per heavy atom. The first-order valence-electron chi connectivity index (χ1n) is 11.1. The molecule has 5 rings (SSSR count). The van der Waals surface area contributed by atoms with Crippen LogP contribution in [0.5, 0.6) is 0 Å². The van der Waals surface area contributed by atoms with Gasteiger partial charge in [-0.1, -0.05) is 97.1 Å². The third kappa shape index (κ3) is 3.87. The molecule has 0 bridgehead atoms. The lowest BCUT2D eigenvalue weighted by Gasteiger charge is -2.39. The number of rotatable bonds is 6. The van der Waals surface area contributed by atoms with Gasteiger partial charge in [0.05, 0.1) is 0 Å². The van der Waals surface area contributed by atoms with Gasteiger partial charge in [0.1, 0.15) is 17.7 Å². The van der Waals surface area contributed by atoms with Gasteiger partial charge in [-0.2, -0.15) is 4.99 Å². The van der Waals surface area contributed by atoms with Crippen molar-refractivity contribution in [2.75, 3.05) is 0 Å². The minimum atomic E-state index is -1.67. The molecule has 1 atom stereocenters. The fourth-order valence-corrected chi connectivity index (χ4v) is 4.31. The van der Waals surface area contributed by atoms with Gasteiger partial charge in [0, 0.05) is 17.3 Å². The maximum atomic E-state index is 13.6. The first-order chi connectivity index (χ1) is 16.6. The summed E-state index contributed by atoms with van der Waals surface area (Å²) in [7, 11) is 0. The zero-order valence-electron chi connectivity index (χ0n) is 18.7. The molecule has 2 heterocycles. The minimum absolute atomic E-state index is 0.0624. The summed E-state index contributed by atoms with van der Waals surface area (Å²) in [5.74, 6) is -0.0873. The van der Waals surface area contributed by atoms with Crippen molar-refractivity contribution in [3.05, 3.63) is 138 Å². The number of aliphatic imine (C=N–C) groups is 1. The molecule has 168 valence electrons. The fraction of sp³-hybridized carbons (Fsp3) is 0.103. The molecule has 3 aromatic rings. The molecule has 0 aliphatic carbocycles. The Hall–Kier alpha value is -4.22. The molecule has 1 unspecified atom stereocenters. The van der Waals surface area contributed by atoms with Crippen molar-refractivity contribution in [3.63, 3.8) is 0 Å². The van der Waals surface area contributed by atoms with Crippen molar-refractivity contribution in [1.29, 1.82) is 0 Å². The number of allylic oxidation sites excluding steroid dienone is 3. The van der Waals surface area contributed by atoms with Crippen LogP contribution in [0.3, 0.4) is 0 Å². The maximum absolute atomic E-state index is 13.6. The Labute approximate surface area is 198 Å². The minimum Gasteiger partial charge on any atom is -0.507 e. The highest BCUT2D eigenvalue weighted by Gasteiger charge is 2.53. The second kappa shape index (κ2) is 8.96. The number of amides is 1. The molecule has 0 saturated heterocycles. The number of aliphatic hydroxyl groups is 1. The van der Waals surface area contributed by atoms with Crippen LogP contribution in [0.4, 0.5) is 0 Å². The van der Waals surface area contributed by atoms with Crippen molar-refractivity contribution < 1.29 is 14.6 Å². The predicted octanol–water partition coefficient (Wildman–Crippen LogP) is 5.80. The van der Waals surface area contributed by atoms with Crippen molar-refractivity contribution in [3.8, 4) is 0 Å². The monoisotopic (exact) mass is 448 g/mol. The fourth-order valence-electron chi connectivity index (χ4n) is 4.31. The third-order valence-corrected chi connectivity index (χ3v) is 5.92. The van der Waals surface area contributed by atoms with Crippen LogP contribution in [-0.4, -0.2) is 27.5 Å². The zero-order chi connectivity index (χ0) is 23.5. The molecule has 0 aromatic heterocycles. The summed E-state index contributed by atoms with van der Waals surface area (Å²) in [6.45, 7) is 1.89. The number of nitrogens with zero attached hydrogens (tertiary/aromatic N) is 2. The van der Waals surface area contributed by atoms with Gasteiger partial charge >= 0.3 is 5.91 Å². The number of benzene rings is 3. The molecular weight excluding hydrogens is 424 g/mol. The van der Waals surface area contributed by atoms with E-state index in [1.807, 2.05) is 97.9 Å². The average molecular weight is 449 g/mol. The second-order valence-corrected chi connectivity index (χ2v) is 8.19. The maximum Gasteiger partial charge on any atom is 0.306 e. The summed E-state index contributed by atoms with van der Waals surface area (Å²) in [6.07, 6.45) is 6.39. The van der Waals surface area contributed by atoms with E-state index in [4.69, 9.17) is 4.74 Å². The highest BCUT2D eigenvalue weighted by Crippen LogP contribution is 2.41. The molecule has 34 heavy (non-hydrogen) atoms. The van der Waals surface area contributed by atoms with Gasteiger partial charge in [-0.05, 0) is 30.2 Å². The van der Waals surface area contributed by atoms with Gasteiger partial charge in [-0.15, -0.1) is 0 Å². The largest absolute Gasteiger partial charge is 0.507 e. The zero-order valence-corrected chi connectivity index (χ0v) is 18.7. The van der Waals surface area contributed by atoms with Crippen LogP contribution in [0.2, 0.25) is 0 Å². The van der Waals surface area contributed by atoms with Gasteiger partial charge in [0.2, 0.25) is 0 Å². The standard InChI is InChI=1S/C29H24N2O3/c1-21-12-11-19-26-30-28(33)29(31(21)26,20-25(32)22-13-5-2-6-14-22)34-27(23-15-7-3-8-16-23)24-17-9-4-10-18-24/h2-20,27,32H,1H3. The lowest BCUT2D eigenvalue weighted by Crippen LogP contribution is -2.52. The molecule has 0 radical (unpaired) electrons. The van der Waals surface area contributed by atoms with E-state index in [9.17, 15) is 9.90 Å². The number of hydrogen-bond donors (Lipinski definition) is 1. The smallest absolute Gasteiger partial charge is 0.306 e. The van der Waals surface area contributed by atoms with E-state index in [1.165, 1.54) is 6.08 Å². The number of carbonyl (C=O) groups is 1. The molecule has 5 nitrogen and oxygen atoms in total. The molecule has 3 aromatic carbocycles. The van der Waals surface area contributed by atoms with Crippen LogP contribution in [0.25, 0.3) is 5.76 Å². The SMILES string of the molecule is CC1=CC=CC2=NC(=O)C(C=C(O)c3ccccc3)(OC(c3ccccc3)c3ccccc3)N12. The molecule has 5 heteroatoms. The van der Waals surface area contributed by atoms with Gasteiger partial charge in [-0.3, -0.25) is 9.69 Å². The Bertz CT molecular complexity index is 1270. The van der Waals surface area contributed by atoms with E-state index in [0.717, 1.165) is 16.8 Å². The van der Waals surface area contributed by atoms with Crippen molar-refractivity contribution >= 4 is 17.5 Å². The van der Waals surface area contributed by atoms with Gasteiger partial charge < -0.3 is 9.84 Å². The Balaban J connectivity index is 1.68. The van der Waals surface area contributed by atoms with Crippen LogP contribution in [-0.2, 0) is 9.53 Å². The molecule has 2 aliphatic heterocycles. The predicted molar refractivity (Wildman–Crippen MR) is 133 cm³/mol.